The summed E-state index contributed by atoms with van der Waals surface area (Å²) in [6.45, 7) is 1.30. The Bertz CT molecular complexity index is 352. The van der Waals surface area contributed by atoms with Gasteiger partial charge in [-0.2, -0.15) is 0 Å². The van der Waals surface area contributed by atoms with Crippen molar-refractivity contribution in [2.24, 2.45) is 0 Å². The highest BCUT2D eigenvalue weighted by Crippen LogP contribution is 2.36. The fraction of sp³-hybridized carbons (Fsp3) is 0.125. The molecular weight excluding hydrogens is 326 g/mol. The second-order valence-electron chi connectivity index (χ2n) is 2.27. The Labute approximate surface area is 99.3 Å². The number of ether oxygens (including phenoxy) is 1. The molecule has 0 aliphatic heterocycles. The van der Waals surface area contributed by atoms with Crippen LogP contribution in [0.15, 0.2) is 12.1 Å². The largest absolute Gasteiger partial charge is 0.423 e. The van der Waals surface area contributed by atoms with E-state index >= 15 is 0 Å². The summed E-state index contributed by atoms with van der Waals surface area (Å²) >= 11 is 13.7. The van der Waals surface area contributed by atoms with Crippen LogP contribution in [-0.2, 0) is 4.79 Å². The summed E-state index contributed by atoms with van der Waals surface area (Å²) in [4.78, 5) is 10.7. The van der Waals surface area contributed by atoms with Crippen molar-refractivity contribution in [2.75, 3.05) is 0 Å². The molecule has 0 aliphatic carbocycles. The zero-order valence-corrected chi connectivity index (χ0v) is 10.3. The van der Waals surface area contributed by atoms with Gasteiger partial charge < -0.3 is 4.74 Å². The molecule has 0 unspecified atom stereocenters. The van der Waals surface area contributed by atoms with Gasteiger partial charge in [0, 0.05) is 10.5 Å². The van der Waals surface area contributed by atoms with Crippen molar-refractivity contribution in [3.63, 3.8) is 0 Å². The molecule has 1 rings (SSSR count). The molecule has 0 saturated carbocycles. The van der Waals surface area contributed by atoms with Crippen molar-refractivity contribution in [2.45, 2.75) is 6.92 Å². The molecule has 0 bridgehead atoms. The van der Waals surface area contributed by atoms with Crippen LogP contribution >= 0.6 is 45.8 Å². The Morgan fingerprint density at radius 2 is 2.08 bits per heavy atom. The highest BCUT2D eigenvalue weighted by Gasteiger charge is 2.12. The van der Waals surface area contributed by atoms with E-state index in [2.05, 4.69) is 0 Å². The quantitative estimate of drug-likeness (QED) is 0.341. The number of rotatable bonds is 1. The Balaban J connectivity index is 3.17. The summed E-state index contributed by atoms with van der Waals surface area (Å²) in [6, 6.07) is 3.38. The molecule has 0 heterocycles. The zero-order chi connectivity index (χ0) is 10.0. The van der Waals surface area contributed by atoms with E-state index in [-0.39, 0.29) is 5.75 Å². The van der Waals surface area contributed by atoms with Crippen molar-refractivity contribution in [3.05, 3.63) is 25.7 Å². The minimum absolute atomic E-state index is 0.225. The molecule has 0 saturated heterocycles. The van der Waals surface area contributed by atoms with Gasteiger partial charge in [0.1, 0.15) is 0 Å². The normalized spacial score (nSPS) is 9.85. The number of hydrogen-bond donors (Lipinski definition) is 0. The summed E-state index contributed by atoms with van der Waals surface area (Å²) in [5, 5.41) is 0.698. The van der Waals surface area contributed by atoms with Gasteiger partial charge in [-0.1, -0.05) is 23.2 Å². The molecule has 0 fully saturated rings. The van der Waals surface area contributed by atoms with Crippen LogP contribution in [0.25, 0.3) is 0 Å². The predicted molar refractivity (Wildman–Crippen MR) is 60.5 cm³/mol. The first-order valence-electron chi connectivity index (χ1n) is 3.34. The van der Waals surface area contributed by atoms with E-state index in [4.69, 9.17) is 27.9 Å². The van der Waals surface area contributed by atoms with Crippen molar-refractivity contribution in [3.8, 4) is 5.75 Å². The third kappa shape index (κ3) is 2.72. The molecule has 0 N–H and O–H groups in total. The summed E-state index contributed by atoms with van der Waals surface area (Å²) < 4.78 is 5.64. The smallest absolute Gasteiger partial charge is 0.308 e. The van der Waals surface area contributed by atoms with E-state index < -0.39 is 5.97 Å². The molecule has 0 amide bonds. The van der Waals surface area contributed by atoms with E-state index in [1.54, 1.807) is 12.1 Å². The molecule has 13 heavy (non-hydrogen) atoms. The second kappa shape index (κ2) is 4.48. The highest BCUT2D eigenvalue weighted by atomic mass is 127. The zero-order valence-electron chi connectivity index (χ0n) is 6.61. The molecule has 0 aromatic heterocycles. The molecule has 0 atom stereocenters. The van der Waals surface area contributed by atoms with E-state index in [0.29, 0.717) is 10.0 Å². The van der Waals surface area contributed by atoms with Gasteiger partial charge in [0.15, 0.2) is 5.75 Å². The van der Waals surface area contributed by atoms with Gasteiger partial charge in [-0.05, 0) is 34.7 Å². The number of hydrogen-bond acceptors (Lipinski definition) is 2. The van der Waals surface area contributed by atoms with E-state index in [1.807, 2.05) is 22.6 Å². The number of halogens is 3. The summed E-state index contributed by atoms with van der Waals surface area (Å²) in [6.07, 6.45) is 0. The summed E-state index contributed by atoms with van der Waals surface area (Å²) in [5.74, 6) is -0.214. The third-order valence-electron chi connectivity index (χ3n) is 1.25. The Morgan fingerprint density at radius 1 is 1.46 bits per heavy atom. The topological polar surface area (TPSA) is 26.3 Å². The van der Waals surface area contributed by atoms with Crippen LogP contribution in [0.1, 0.15) is 6.92 Å². The monoisotopic (exact) mass is 330 g/mol. The minimum atomic E-state index is -0.439. The van der Waals surface area contributed by atoms with Crippen LogP contribution in [-0.4, -0.2) is 5.97 Å². The Morgan fingerprint density at radius 3 is 2.62 bits per heavy atom. The molecule has 70 valence electrons. The standard InChI is InChI=1S/C8H5Cl2IO2/c1-4(12)13-8-5(9)2-3-6(11)7(8)10/h2-3H,1H3. The van der Waals surface area contributed by atoms with Gasteiger partial charge in [-0.15, -0.1) is 0 Å². The number of carbonyl (C=O) groups is 1. The number of esters is 1. The van der Waals surface area contributed by atoms with Crippen LogP contribution in [0.5, 0.6) is 5.75 Å². The van der Waals surface area contributed by atoms with Gasteiger partial charge in [0.2, 0.25) is 0 Å². The number of carbonyl (C=O) groups excluding carboxylic acids is 1. The van der Waals surface area contributed by atoms with Crippen LogP contribution < -0.4 is 4.74 Å². The molecule has 1 aromatic carbocycles. The SMILES string of the molecule is CC(=O)Oc1c(Cl)ccc(I)c1Cl. The maximum atomic E-state index is 10.7. The Kier molecular flexibility index (Phi) is 3.82. The maximum absolute atomic E-state index is 10.7. The molecule has 5 heteroatoms. The van der Waals surface area contributed by atoms with Gasteiger partial charge in [0.05, 0.1) is 10.0 Å². The fourth-order valence-corrected chi connectivity index (χ4v) is 1.62. The first-order chi connectivity index (χ1) is 6.02. The molecule has 2 nitrogen and oxygen atoms in total. The lowest BCUT2D eigenvalue weighted by Gasteiger charge is -2.06. The predicted octanol–water partition coefficient (Wildman–Crippen LogP) is 3.52. The molecule has 0 spiro atoms. The van der Waals surface area contributed by atoms with Gasteiger partial charge in [-0.3, -0.25) is 4.79 Å². The van der Waals surface area contributed by atoms with Gasteiger partial charge in [-0.25, -0.2) is 0 Å². The van der Waals surface area contributed by atoms with Gasteiger partial charge in [0.25, 0.3) is 0 Å². The van der Waals surface area contributed by atoms with Crippen molar-refractivity contribution < 1.29 is 9.53 Å². The molecule has 0 radical (unpaired) electrons. The average molecular weight is 331 g/mol. The lowest BCUT2D eigenvalue weighted by atomic mass is 10.3. The summed E-state index contributed by atoms with van der Waals surface area (Å²) in [5.41, 5.74) is 0. The maximum Gasteiger partial charge on any atom is 0.308 e. The number of benzene rings is 1. The average Bonchev–Trinajstić information content (AvgIpc) is 2.05. The highest BCUT2D eigenvalue weighted by molar-refractivity contribution is 14.1. The first kappa shape index (κ1) is 11.1. The van der Waals surface area contributed by atoms with E-state index in [1.165, 1.54) is 6.92 Å². The van der Waals surface area contributed by atoms with Crippen molar-refractivity contribution in [1.82, 2.24) is 0 Å². The van der Waals surface area contributed by atoms with E-state index in [0.717, 1.165) is 3.57 Å². The lowest BCUT2D eigenvalue weighted by molar-refractivity contribution is -0.131. The van der Waals surface area contributed by atoms with Crippen molar-refractivity contribution >= 4 is 51.8 Å². The molecular formula is C8H5Cl2IO2. The summed E-state index contributed by atoms with van der Waals surface area (Å²) in [7, 11) is 0. The first-order valence-corrected chi connectivity index (χ1v) is 5.17. The van der Waals surface area contributed by atoms with E-state index in [9.17, 15) is 4.79 Å². The molecule has 0 aliphatic rings. The molecule has 1 aromatic rings. The van der Waals surface area contributed by atoms with Crippen LogP contribution in [0.3, 0.4) is 0 Å². The third-order valence-corrected chi connectivity index (χ3v) is 3.14. The van der Waals surface area contributed by atoms with Crippen LogP contribution in [0.2, 0.25) is 10.0 Å². The van der Waals surface area contributed by atoms with Crippen molar-refractivity contribution in [1.29, 1.82) is 0 Å². The van der Waals surface area contributed by atoms with Gasteiger partial charge >= 0.3 is 5.97 Å². The minimum Gasteiger partial charge on any atom is -0.423 e. The van der Waals surface area contributed by atoms with Crippen LogP contribution in [0, 0.1) is 3.57 Å². The van der Waals surface area contributed by atoms with Crippen LogP contribution in [0.4, 0.5) is 0 Å². The fourth-order valence-electron chi connectivity index (χ4n) is 0.746. The second-order valence-corrected chi connectivity index (χ2v) is 4.21. The Hall–Kier alpha value is -0.0000000000000000555. The lowest BCUT2D eigenvalue weighted by Crippen LogP contribution is -2.02.